The SMILES string of the molecule is C[C@@H](C(=O)Nc1ccc(N)cc1)c1ccccc1. The summed E-state index contributed by atoms with van der Waals surface area (Å²) in [5.74, 6) is -0.199. The highest BCUT2D eigenvalue weighted by Crippen LogP contribution is 2.18. The Morgan fingerprint density at radius 3 is 2.28 bits per heavy atom. The van der Waals surface area contributed by atoms with E-state index >= 15 is 0 Å². The number of nitrogens with two attached hydrogens (primary N) is 1. The van der Waals surface area contributed by atoms with Crippen molar-refractivity contribution in [3.63, 3.8) is 0 Å². The molecule has 0 radical (unpaired) electrons. The van der Waals surface area contributed by atoms with Crippen molar-refractivity contribution in [3.05, 3.63) is 60.2 Å². The van der Waals surface area contributed by atoms with E-state index in [2.05, 4.69) is 5.32 Å². The van der Waals surface area contributed by atoms with Crippen LogP contribution in [0.25, 0.3) is 0 Å². The number of nitrogens with one attached hydrogen (secondary N) is 1. The van der Waals surface area contributed by atoms with Crippen LogP contribution in [0.2, 0.25) is 0 Å². The molecule has 3 heteroatoms. The molecule has 2 rings (SSSR count). The summed E-state index contributed by atoms with van der Waals surface area (Å²) >= 11 is 0. The van der Waals surface area contributed by atoms with Gasteiger partial charge in [-0.1, -0.05) is 30.3 Å². The third-order valence-electron chi connectivity index (χ3n) is 2.87. The molecule has 18 heavy (non-hydrogen) atoms. The Labute approximate surface area is 107 Å². The second-order valence-electron chi connectivity index (χ2n) is 4.24. The van der Waals surface area contributed by atoms with Crippen LogP contribution < -0.4 is 11.1 Å². The Bertz CT molecular complexity index is 520. The fourth-order valence-electron chi connectivity index (χ4n) is 1.71. The van der Waals surface area contributed by atoms with Crippen LogP contribution in [0, 0.1) is 0 Å². The lowest BCUT2D eigenvalue weighted by molar-refractivity contribution is -0.117. The molecule has 0 aliphatic rings. The molecule has 3 N–H and O–H groups in total. The van der Waals surface area contributed by atoms with E-state index in [9.17, 15) is 4.79 Å². The smallest absolute Gasteiger partial charge is 0.231 e. The summed E-state index contributed by atoms with van der Waals surface area (Å²) in [7, 11) is 0. The van der Waals surface area contributed by atoms with Crippen molar-refractivity contribution in [2.45, 2.75) is 12.8 Å². The number of anilines is 2. The highest BCUT2D eigenvalue weighted by Gasteiger charge is 2.14. The maximum Gasteiger partial charge on any atom is 0.231 e. The predicted molar refractivity (Wildman–Crippen MR) is 74.3 cm³/mol. The van der Waals surface area contributed by atoms with Gasteiger partial charge >= 0.3 is 0 Å². The molecule has 0 aliphatic carbocycles. The van der Waals surface area contributed by atoms with Gasteiger partial charge in [0.25, 0.3) is 0 Å². The van der Waals surface area contributed by atoms with Crippen LogP contribution in [-0.4, -0.2) is 5.91 Å². The molecular formula is C15H16N2O. The highest BCUT2D eigenvalue weighted by molar-refractivity contribution is 5.95. The standard InChI is InChI=1S/C15H16N2O/c1-11(12-5-3-2-4-6-12)15(18)17-14-9-7-13(16)8-10-14/h2-11H,16H2,1H3,(H,17,18)/t11-/m1/s1. The zero-order valence-electron chi connectivity index (χ0n) is 10.3. The lowest BCUT2D eigenvalue weighted by Gasteiger charge is -2.12. The van der Waals surface area contributed by atoms with Gasteiger partial charge in [0, 0.05) is 11.4 Å². The van der Waals surface area contributed by atoms with Crippen molar-refractivity contribution in [2.75, 3.05) is 11.1 Å². The minimum Gasteiger partial charge on any atom is -0.399 e. The number of hydrogen-bond acceptors (Lipinski definition) is 2. The lowest BCUT2D eigenvalue weighted by Crippen LogP contribution is -2.18. The van der Waals surface area contributed by atoms with E-state index in [1.54, 1.807) is 24.3 Å². The second kappa shape index (κ2) is 5.36. The largest absolute Gasteiger partial charge is 0.399 e. The fraction of sp³-hybridized carbons (Fsp3) is 0.133. The van der Waals surface area contributed by atoms with E-state index in [1.165, 1.54) is 0 Å². The van der Waals surface area contributed by atoms with E-state index in [0.29, 0.717) is 5.69 Å². The molecule has 0 saturated carbocycles. The monoisotopic (exact) mass is 240 g/mol. The summed E-state index contributed by atoms with van der Waals surface area (Å²) < 4.78 is 0. The summed E-state index contributed by atoms with van der Waals surface area (Å²) in [6.45, 7) is 1.89. The highest BCUT2D eigenvalue weighted by atomic mass is 16.1. The molecule has 2 aromatic rings. The van der Waals surface area contributed by atoms with Gasteiger partial charge in [-0.3, -0.25) is 4.79 Å². The van der Waals surface area contributed by atoms with Crippen molar-refractivity contribution in [3.8, 4) is 0 Å². The minimum atomic E-state index is -0.177. The number of carbonyl (C=O) groups excluding carboxylic acids is 1. The van der Waals surface area contributed by atoms with Crippen LogP contribution in [0.3, 0.4) is 0 Å². The third-order valence-corrected chi connectivity index (χ3v) is 2.87. The lowest BCUT2D eigenvalue weighted by atomic mass is 10.0. The molecule has 0 aromatic heterocycles. The first-order chi connectivity index (χ1) is 8.66. The van der Waals surface area contributed by atoms with Crippen molar-refractivity contribution >= 4 is 17.3 Å². The average molecular weight is 240 g/mol. The van der Waals surface area contributed by atoms with E-state index < -0.39 is 0 Å². The zero-order chi connectivity index (χ0) is 13.0. The Balaban J connectivity index is 2.06. The molecule has 0 spiro atoms. The van der Waals surface area contributed by atoms with Gasteiger partial charge in [-0.25, -0.2) is 0 Å². The minimum absolute atomic E-state index is 0.0222. The fourth-order valence-corrected chi connectivity index (χ4v) is 1.71. The second-order valence-corrected chi connectivity index (χ2v) is 4.24. The molecule has 1 amide bonds. The third kappa shape index (κ3) is 2.88. The zero-order valence-corrected chi connectivity index (χ0v) is 10.3. The number of nitrogen functional groups attached to an aromatic ring is 1. The molecule has 3 nitrogen and oxygen atoms in total. The molecule has 92 valence electrons. The molecule has 0 unspecified atom stereocenters. The first-order valence-corrected chi connectivity index (χ1v) is 5.88. The maximum atomic E-state index is 12.1. The topological polar surface area (TPSA) is 55.1 Å². The van der Waals surface area contributed by atoms with Crippen LogP contribution in [-0.2, 0) is 4.79 Å². The summed E-state index contributed by atoms with van der Waals surface area (Å²) in [6, 6.07) is 16.8. The number of amides is 1. The van der Waals surface area contributed by atoms with Crippen molar-refractivity contribution in [1.29, 1.82) is 0 Å². The van der Waals surface area contributed by atoms with Crippen LogP contribution >= 0.6 is 0 Å². The number of benzene rings is 2. The van der Waals surface area contributed by atoms with Gasteiger partial charge in [-0.05, 0) is 36.8 Å². The Morgan fingerprint density at radius 1 is 1.06 bits per heavy atom. The summed E-state index contributed by atoms with van der Waals surface area (Å²) in [6.07, 6.45) is 0. The maximum absolute atomic E-state index is 12.1. The Kier molecular flexibility index (Phi) is 3.63. The van der Waals surface area contributed by atoms with Gasteiger partial charge in [0.1, 0.15) is 0 Å². The molecule has 0 fully saturated rings. The summed E-state index contributed by atoms with van der Waals surface area (Å²) in [5, 5.41) is 2.87. The first kappa shape index (κ1) is 12.2. The van der Waals surface area contributed by atoms with Gasteiger partial charge < -0.3 is 11.1 Å². The predicted octanol–water partition coefficient (Wildman–Crippen LogP) is 3.01. The van der Waals surface area contributed by atoms with Crippen molar-refractivity contribution in [1.82, 2.24) is 0 Å². The summed E-state index contributed by atoms with van der Waals surface area (Å²) in [4.78, 5) is 12.1. The van der Waals surface area contributed by atoms with Crippen LogP contribution in [0.5, 0.6) is 0 Å². The quantitative estimate of drug-likeness (QED) is 0.810. The molecule has 2 aromatic carbocycles. The van der Waals surface area contributed by atoms with Crippen molar-refractivity contribution < 1.29 is 4.79 Å². The van der Waals surface area contributed by atoms with Crippen LogP contribution in [0.4, 0.5) is 11.4 Å². The van der Waals surface area contributed by atoms with Gasteiger partial charge in [0.15, 0.2) is 0 Å². The molecule has 0 bridgehead atoms. The van der Waals surface area contributed by atoms with E-state index in [1.807, 2.05) is 37.3 Å². The van der Waals surface area contributed by atoms with E-state index in [0.717, 1.165) is 11.3 Å². The van der Waals surface area contributed by atoms with E-state index in [4.69, 9.17) is 5.73 Å². The normalized spacial score (nSPS) is 11.8. The number of hydrogen-bond donors (Lipinski definition) is 2. The van der Waals surface area contributed by atoms with E-state index in [-0.39, 0.29) is 11.8 Å². The Morgan fingerprint density at radius 2 is 1.67 bits per heavy atom. The number of rotatable bonds is 3. The van der Waals surface area contributed by atoms with Crippen LogP contribution in [0.1, 0.15) is 18.4 Å². The Hall–Kier alpha value is -2.29. The van der Waals surface area contributed by atoms with Gasteiger partial charge in [-0.2, -0.15) is 0 Å². The molecule has 0 heterocycles. The molecule has 0 aliphatic heterocycles. The molecule has 1 atom stereocenters. The summed E-state index contributed by atoms with van der Waals surface area (Å²) in [5.41, 5.74) is 8.05. The molecular weight excluding hydrogens is 224 g/mol. The van der Waals surface area contributed by atoms with Gasteiger partial charge in [-0.15, -0.1) is 0 Å². The van der Waals surface area contributed by atoms with Crippen LogP contribution in [0.15, 0.2) is 54.6 Å². The van der Waals surface area contributed by atoms with Crippen molar-refractivity contribution in [2.24, 2.45) is 0 Å². The first-order valence-electron chi connectivity index (χ1n) is 5.88. The average Bonchev–Trinajstić information content (AvgIpc) is 2.41. The molecule has 0 saturated heterocycles. The number of carbonyl (C=O) groups is 1. The van der Waals surface area contributed by atoms with Gasteiger partial charge in [0.05, 0.1) is 5.92 Å². The van der Waals surface area contributed by atoms with Gasteiger partial charge in [0.2, 0.25) is 5.91 Å².